The maximum absolute atomic E-state index is 13.7. The largest absolute Gasteiger partial charge is 0.497 e. The summed E-state index contributed by atoms with van der Waals surface area (Å²) in [6, 6.07) is 15.1. The van der Waals surface area contributed by atoms with E-state index in [2.05, 4.69) is 20.8 Å². The van der Waals surface area contributed by atoms with E-state index in [0.29, 0.717) is 10.6 Å². The third-order valence-corrected chi connectivity index (χ3v) is 5.60. The van der Waals surface area contributed by atoms with Gasteiger partial charge in [0.15, 0.2) is 0 Å². The van der Waals surface area contributed by atoms with Gasteiger partial charge in [0.2, 0.25) is 11.8 Å². The second-order valence-electron chi connectivity index (χ2n) is 6.81. The first kappa shape index (κ1) is 20.5. The maximum atomic E-state index is 13.7. The van der Waals surface area contributed by atoms with Crippen molar-refractivity contribution in [3.63, 3.8) is 0 Å². The Bertz CT molecular complexity index is 1230. The van der Waals surface area contributed by atoms with Crippen LogP contribution in [0.2, 0.25) is 0 Å². The molecule has 0 atom stereocenters. The number of H-pyrrole nitrogens is 1. The van der Waals surface area contributed by atoms with Crippen LogP contribution in [0.15, 0.2) is 54.6 Å². The molecule has 0 aliphatic heterocycles. The number of ether oxygens (including phenoxy) is 1. The molecule has 4 aromatic rings. The number of hydrogen-bond acceptors (Lipinski definition) is 5. The van der Waals surface area contributed by atoms with Gasteiger partial charge in [0.25, 0.3) is 0 Å². The number of anilines is 2. The Kier molecular flexibility index (Phi) is 5.94. The van der Waals surface area contributed by atoms with Crippen LogP contribution in [-0.4, -0.2) is 29.1 Å². The quantitative estimate of drug-likeness (QED) is 0.404. The monoisotopic (exact) mass is 438 g/mol. The standard InChI is InChI=1S/C22H19FN4O3S/c1-30-14-8-6-13(7-9-14)10-19(28)25-21-16-11-15(31-22(16)27-26-21)12-20(29)24-18-5-3-2-4-17(18)23/h2-9,11H,10,12H2,1H3,(H,24,29)(H2,25,26,27,28). The van der Waals surface area contributed by atoms with Gasteiger partial charge in [-0.05, 0) is 35.9 Å². The normalized spacial score (nSPS) is 10.8. The lowest BCUT2D eigenvalue weighted by Gasteiger charge is -2.05. The van der Waals surface area contributed by atoms with Gasteiger partial charge in [0.05, 0.1) is 31.0 Å². The molecule has 0 aliphatic carbocycles. The number of carbonyl (C=O) groups is 2. The topological polar surface area (TPSA) is 96.1 Å². The van der Waals surface area contributed by atoms with Gasteiger partial charge in [-0.25, -0.2) is 4.39 Å². The predicted molar refractivity (Wildman–Crippen MR) is 118 cm³/mol. The van der Waals surface area contributed by atoms with Crippen molar-refractivity contribution in [2.45, 2.75) is 12.8 Å². The van der Waals surface area contributed by atoms with Crippen molar-refractivity contribution < 1.29 is 18.7 Å². The molecule has 0 radical (unpaired) electrons. The third kappa shape index (κ3) is 4.89. The maximum Gasteiger partial charge on any atom is 0.229 e. The fraction of sp³-hybridized carbons (Fsp3) is 0.136. The predicted octanol–water partition coefficient (Wildman–Crippen LogP) is 4.13. The van der Waals surface area contributed by atoms with Crippen LogP contribution in [-0.2, 0) is 22.4 Å². The van der Waals surface area contributed by atoms with Gasteiger partial charge in [-0.3, -0.25) is 14.7 Å². The van der Waals surface area contributed by atoms with E-state index in [1.807, 2.05) is 12.1 Å². The van der Waals surface area contributed by atoms with Gasteiger partial charge in [0, 0.05) is 4.88 Å². The Hall–Kier alpha value is -3.72. The van der Waals surface area contributed by atoms with E-state index in [1.54, 1.807) is 37.4 Å². The van der Waals surface area contributed by atoms with Gasteiger partial charge in [-0.2, -0.15) is 5.10 Å². The average molecular weight is 438 g/mol. The first-order valence-electron chi connectivity index (χ1n) is 9.46. The number of carbonyl (C=O) groups excluding carboxylic acids is 2. The molecule has 31 heavy (non-hydrogen) atoms. The number of amides is 2. The highest BCUT2D eigenvalue weighted by Gasteiger charge is 2.15. The zero-order chi connectivity index (χ0) is 21.8. The van der Waals surface area contributed by atoms with E-state index in [-0.39, 0.29) is 30.3 Å². The minimum Gasteiger partial charge on any atom is -0.497 e. The molecule has 9 heteroatoms. The number of halogens is 1. The summed E-state index contributed by atoms with van der Waals surface area (Å²) in [5, 5.41) is 13.1. The Morgan fingerprint density at radius 2 is 1.81 bits per heavy atom. The molecule has 2 aromatic heterocycles. The smallest absolute Gasteiger partial charge is 0.229 e. The Balaban J connectivity index is 1.40. The lowest BCUT2D eigenvalue weighted by molar-refractivity contribution is -0.116. The zero-order valence-electron chi connectivity index (χ0n) is 16.6. The van der Waals surface area contributed by atoms with Gasteiger partial charge < -0.3 is 15.4 Å². The molecule has 0 aliphatic rings. The van der Waals surface area contributed by atoms with E-state index in [0.717, 1.165) is 21.6 Å². The lowest BCUT2D eigenvalue weighted by atomic mass is 10.1. The van der Waals surface area contributed by atoms with Crippen LogP contribution in [0.25, 0.3) is 10.2 Å². The molecule has 4 rings (SSSR count). The summed E-state index contributed by atoms with van der Waals surface area (Å²) in [6.45, 7) is 0. The SMILES string of the molecule is COc1ccc(CC(=O)Nc2[nH]nc3sc(CC(=O)Nc4ccccc4F)cc23)cc1. The van der Waals surface area contributed by atoms with Crippen molar-refractivity contribution in [2.24, 2.45) is 0 Å². The molecule has 2 amide bonds. The van der Waals surface area contributed by atoms with Crippen molar-refractivity contribution in [2.75, 3.05) is 17.7 Å². The van der Waals surface area contributed by atoms with Crippen LogP contribution in [0, 0.1) is 5.82 Å². The summed E-state index contributed by atoms with van der Waals surface area (Å²) in [4.78, 5) is 26.1. The van der Waals surface area contributed by atoms with Crippen molar-refractivity contribution in [3.8, 4) is 5.75 Å². The highest BCUT2D eigenvalue weighted by Crippen LogP contribution is 2.30. The zero-order valence-corrected chi connectivity index (χ0v) is 17.4. The van der Waals surface area contributed by atoms with Crippen LogP contribution in [0.1, 0.15) is 10.4 Å². The summed E-state index contributed by atoms with van der Waals surface area (Å²) >= 11 is 1.33. The van der Waals surface area contributed by atoms with Crippen molar-refractivity contribution in [3.05, 3.63) is 70.9 Å². The van der Waals surface area contributed by atoms with E-state index in [9.17, 15) is 14.0 Å². The molecule has 0 saturated heterocycles. The molecule has 158 valence electrons. The molecule has 0 spiro atoms. The number of aromatic nitrogens is 2. The summed E-state index contributed by atoms with van der Waals surface area (Å²) in [5.41, 5.74) is 0.992. The number of hydrogen-bond donors (Lipinski definition) is 3. The number of nitrogens with zero attached hydrogens (tertiary/aromatic N) is 1. The van der Waals surface area contributed by atoms with E-state index >= 15 is 0 Å². The molecule has 3 N–H and O–H groups in total. The van der Waals surface area contributed by atoms with Crippen LogP contribution >= 0.6 is 11.3 Å². The first-order chi connectivity index (χ1) is 15.0. The average Bonchev–Trinajstić information content (AvgIpc) is 3.31. The third-order valence-electron chi connectivity index (χ3n) is 4.57. The number of para-hydroxylation sites is 1. The van der Waals surface area contributed by atoms with E-state index in [1.165, 1.54) is 23.5 Å². The molecular weight excluding hydrogens is 419 g/mol. The summed E-state index contributed by atoms with van der Waals surface area (Å²) in [6.07, 6.45) is 0.279. The first-order valence-corrected chi connectivity index (χ1v) is 10.3. The van der Waals surface area contributed by atoms with Crippen LogP contribution < -0.4 is 15.4 Å². The molecule has 0 saturated carbocycles. The van der Waals surface area contributed by atoms with Gasteiger partial charge in [0.1, 0.15) is 22.2 Å². The summed E-state index contributed by atoms with van der Waals surface area (Å²) < 4.78 is 18.8. The number of aromatic amines is 1. The Morgan fingerprint density at radius 3 is 2.55 bits per heavy atom. The fourth-order valence-electron chi connectivity index (χ4n) is 3.07. The fourth-order valence-corrected chi connectivity index (χ4v) is 4.06. The van der Waals surface area contributed by atoms with Gasteiger partial charge >= 0.3 is 0 Å². The number of methoxy groups -OCH3 is 1. The molecule has 2 aromatic carbocycles. The van der Waals surface area contributed by atoms with Crippen LogP contribution in [0.4, 0.5) is 15.9 Å². The highest BCUT2D eigenvalue weighted by molar-refractivity contribution is 7.18. The number of fused-ring (bicyclic) bond motifs is 1. The summed E-state index contributed by atoms with van der Waals surface area (Å²) in [7, 11) is 1.59. The van der Waals surface area contributed by atoms with Crippen molar-refractivity contribution >= 4 is 44.9 Å². The second-order valence-corrected chi connectivity index (χ2v) is 7.92. The van der Waals surface area contributed by atoms with E-state index < -0.39 is 5.82 Å². The molecule has 7 nitrogen and oxygen atoms in total. The van der Waals surface area contributed by atoms with Crippen molar-refractivity contribution in [1.29, 1.82) is 0 Å². The molecule has 0 fully saturated rings. The Morgan fingerprint density at radius 1 is 1.06 bits per heavy atom. The molecular formula is C22H19FN4O3S. The number of nitrogens with one attached hydrogen (secondary N) is 3. The molecule has 2 heterocycles. The van der Waals surface area contributed by atoms with Crippen LogP contribution in [0.3, 0.4) is 0 Å². The molecule has 0 bridgehead atoms. The Labute approximate surface area is 181 Å². The summed E-state index contributed by atoms with van der Waals surface area (Å²) in [5.74, 6) is 0.192. The second kappa shape index (κ2) is 8.97. The van der Waals surface area contributed by atoms with Gasteiger partial charge in [-0.15, -0.1) is 11.3 Å². The lowest BCUT2D eigenvalue weighted by Crippen LogP contribution is -2.15. The van der Waals surface area contributed by atoms with Gasteiger partial charge in [-0.1, -0.05) is 24.3 Å². The number of benzene rings is 2. The van der Waals surface area contributed by atoms with E-state index in [4.69, 9.17) is 4.74 Å². The minimum absolute atomic E-state index is 0.0780. The number of thiophene rings is 1. The number of rotatable bonds is 7. The molecule has 0 unspecified atom stereocenters. The van der Waals surface area contributed by atoms with Crippen molar-refractivity contribution in [1.82, 2.24) is 10.2 Å². The highest BCUT2D eigenvalue weighted by atomic mass is 32.1. The van der Waals surface area contributed by atoms with Crippen LogP contribution in [0.5, 0.6) is 5.75 Å². The minimum atomic E-state index is -0.487.